The molecule has 0 bridgehead atoms. The Morgan fingerprint density at radius 3 is 2.42 bits per heavy atom. The number of carbonyl (C=O) groups is 1. The van der Waals surface area contributed by atoms with Crippen LogP contribution < -0.4 is 15.6 Å². The van der Waals surface area contributed by atoms with Crippen LogP contribution >= 0.6 is 0 Å². The molecule has 1 amide bonds. The molecule has 1 unspecified atom stereocenters. The Balaban J connectivity index is 1.33. The van der Waals surface area contributed by atoms with Gasteiger partial charge < -0.3 is 10.1 Å². The molecule has 0 aliphatic carbocycles. The number of benzene rings is 3. The monoisotopic (exact) mass is 414 g/mol. The second kappa shape index (κ2) is 9.21. The maximum Gasteiger partial charge on any atom is 0.277 e. The summed E-state index contributed by atoms with van der Waals surface area (Å²) >= 11 is 0. The lowest BCUT2D eigenvalue weighted by Crippen LogP contribution is -2.30. The summed E-state index contributed by atoms with van der Waals surface area (Å²) in [5, 5.41) is 11.4. The quantitative estimate of drug-likeness (QED) is 0.496. The predicted octanol–water partition coefficient (Wildman–Crippen LogP) is 3.85. The zero-order valence-electron chi connectivity index (χ0n) is 17.1. The van der Waals surface area contributed by atoms with Crippen LogP contribution in [0.1, 0.15) is 24.9 Å². The molecule has 4 rings (SSSR count). The Hall–Kier alpha value is -4.00. The molecule has 4 aromatic rings. The van der Waals surface area contributed by atoms with Gasteiger partial charge in [0.15, 0.2) is 0 Å². The number of rotatable bonds is 7. The van der Waals surface area contributed by atoms with Crippen LogP contribution in [0.25, 0.3) is 10.9 Å². The third kappa shape index (κ3) is 4.95. The summed E-state index contributed by atoms with van der Waals surface area (Å²) in [7, 11) is 0. The van der Waals surface area contributed by atoms with Crippen LogP contribution in [0.5, 0.6) is 11.5 Å². The Labute approximate surface area is 179 Å². The molecule has 1 N–H and O–H groups in total. The first-order valence-corrected chi connectivity index (χ1v) is 10.0. The molecule has 0 aliphatic heterocycles. The lowest BCUT2D eigenvalue weighted by atomic mass is 10.1. The normalized spacial score (nSPS) is 11.8. The fourth-order valence-corrected chi connectivity index (χ4v) is 3.22. The summed E-state index contributed by atoms with van der Waals surface area (Å²) in [4.78, 5) is 24.8. The first-order valence-electron chi connectivity index (χ1n) is 10.0. The van der Waals surface area contributed by atoms with E-state index in [1.165, 1.54) is 4.68 Å². The molecule has 1 aromatic heterocycles. The highest BCUT2D eigenvalue weighted by atomic mass is 16.5. The first kappa shape index (κ1) is 20.3. The van der Waals surface area contributed by atoms with E-state index in [-0.39, 0.29) is 30.5 Å². The summed E-state index contributed by atoms with van der Waals surface area (Å²) in [6.45, 7) is 2.08. The molecule has 31 heavy (non-hydrogen) atoms. The van der Waals surface area contributed by atoms with E-state index in [4.69, 9.17) is 4.74 Å². The highest BCUT2D eigenvalue weighted by Crippen LogP contribution is 2.23. The number of aryl methyl sites for hydroxylation is 1. The van der Waals surface area contributed by atoms with Gasteiger partial charge in [-0.3, -0.25) is 9.59 Å². The fourth-order valence-electron chi connectivity index (χ4n) is 3.22. The molecular weight excluding hydrogens is 392 g/mol. The fraction of sp³-hybridized carbons (Fsp3) is 0.167. The predicted molar refractivity (Wildman–Crippen MR) is 118 cm³/mol. The molecule has 0 aliphatic rings. The minimum atomic E-state index is -0.250. The third-order valence-electron chi connectivity index (χ3n) is 4.92. The number of nitrogens with one attached hydrogen (secondary N) is 1. The van der Waals surface area contributed by atoms with Gasteiger partial charge in [-0.15, -0.1) is 5.10 Å². The van der Waals surface area contributed by atoms with E-state index in [1.807, 2.05) is 61.5 Å². The number of carbonyl (C=O) groups excluding carboxylic acids is 1. The van der Waals surface area contributed by atoms with Crippen molar-refractivity contribution in [3.63, 3.8) is 0 Å². The van der Waals surface area contributed by atoms with E-state index < -0.39 is 0 Å². The highest BCUT2D eigenvalue weighted by Gasteiger charge is 2.12. The van der Waals surface area contributed by atoms with Gasteiger partial charge in [0.25, 0.3) is 5.56 Å². The highest BCUT2D eigenvalue weighted by molar-refractivity contribution is 5.77. The number of para-hydroxylation sites is 1. The molecule has 0 radical (unpaired) electrons. The van der Waals surface area contributed by atoms with E-state index in [0.717, 1.165) is 17.1 Å². The van der Waals surface area contributed by atoms with Crippen molar-refractivity contribution in [3.8, 4) is 11.5 Å². The van der Waals surface area contributed by atoms with Crippen molar-refractivity contribution in [1.82, 2.24) is 20.3 Å². The Bertz CT molecular complexity index is 1240. The summed E-state index contributed by atoms with van der Waals surface area (Å²) in [5.74, 6) is 1.32. The Morgan fingerprint density at radius 1 is 0.968 bits per heavy atom. The number of aromatic nitrogens is 3. The molecule has 156 valence electrons. The van der Waals surface area contributed by atoms with E-state index in [2.05, 4.69) is 15.6 Å². The van der Waals surface area contributed by atoms with Gasteiger partial charge in [-0.2, -0.15) is 0 Å². The average molecular weight is 414 g/mol. The zero-order valence-corrected chi connectivity index (χ0v) is 17.1. The van der Waals surface area contributed by atoms with Crippen molar-refractivity contribution >= 4 is 16.8 Å². The van der Waals surface area contributed by atoms with Crippen molar-refractivity contribution < 1.29 is 9.53 Å². The number of amides is 1. The van der Waals surface area contributed by atoms with Crippen molar-refractivity contribution in [2.75, 3.05) is 0 Å². The minimum absolute atomic E-state index is 0.131. The van der Waals surface area contributed by atoms with Gasteiger partial charge in [0, 0.05) is 6.42 Å². The number of hydrogen-bond donors (Lipinski definition) is 1. The number of nitrogens with zero attached hydrogens (tertiary/aromatic N) is 3. The van der Waals surface area contributed by atoms with Crippen molar-refractivity contribution in [2.45, 2.75) is 25.9 Å². The van der Waals surface area contributed by atoms with Crippen molar-refractivity contribution in [3.05, 3.63) is 94.8 Å². The minimum Gasteiger partial charge on any atom is -0.457 e. The topological polar surface area (TPSA) is 86.1 Å². The van der Waals surface area contributed by atoms with Crippen LogP contribution in [0.2, 0.25) is 0 Å². The summed E-state index contributed by atoms with van der Waals surface area (Å²) in [6.07, 6.45) is 0.131. The molecule has 3 aromatic carbocycles. The second-order valence-corrected chi connectivity index (χ2v) is 7.16. The molecular formula is C24H22N4O3. The van der Waals surface area contributed by atoms with Crippen LogP contribution in [0.15, 0.2) is 83.7 Å². The maximum absolute atomic E-state index is 12.5. The molecule has 0 spiro atoms. The molecule has 7 heteroatoms. The Kier molecular flexibility index (Phi) is 6.03. The van der Waals surface area contributed by atoms with Gasteiger partial charge in [-0.25, -0.2) is 4.68 Å². The standard InChI is InChI=1S/C24H22N4O3/c1-17(18-11-13-20(14-12-18)31-19-7-3-2-4-8-19)25-23(29)15-16-28-24(30)21-9-5-6-10-22(21)26-27-28/h2-14,17H,15-16H2,1H3,(H,25,29). The number of ether oxygens (including phenoxy) is 1. The molecule has 1 heterocycles. The largest absolute Gasteiger partial charge is 0.457 e. The Morgan fingerprint density at radius 2 is 1.65 bits per heavy atom. The van der Waals surface area contributed by atoms with E-state index >= 15 is 0 Å². The van der Waals surface area contributed by atoms with E-state index in [0.29, 0.717) is 10.9 Å². The second-order valence-electron chi connectivity index (χ2n) is 7.16. The van der Waals surface area contributed by atoms with Gasteiger partial charge in [-0.1, -0.05) is 47.7 Å². The maximum atomic E-state index is 12.5. The van der Waals surface area contributed by atoms with Crippen molar-refractivity contribution in [2.24, 2.45) is 0 Å². The van der Waals surface area contributed by atoms with Gasteiger partial charge in [0.05, 0.1) is 18.0 Å². The van der Waals surface area contributed by atoms with E-state index in [9.17, 15) is 9.59 Å². The van der Waals surface area contributed by atoms with Gasteiger partial charge in [-0.05, 0) is 48.9 Å². The number of hydrogen-bond acceptors (Lipinski definition) is 5. The summed E-state index contributed by atoms with van der Waals surface area (Å²) < 4.78 is 7.02. The third-order valence-corrected chi connectivity index (χ3v) is 4.92. The average Bonchev–Trinajstić information content (AvgIpc) is 2.80. The smallest absolute Gasteiger partial charge is 0.277 e. The van der Waals surface area contributed by atoms with Crippen LogP contribution in [0, 0.1) is 0 Å². The lowest BCUT2D eigenvalue weighted by molar-refractivity contribution is -0.122. The summed E-state index contributed by atoms with van der Waals surface area (Å²) in [5.41, 5.74) is 1.25. The molecule has 0 saturated carbocycles. The zero-order chi connectivity index (χ0) is 21.6. The van der Waals surface area contributed by atoms with Crippen LogP contribution in [-0.4, -0.2) is 20.9 Å². The van der Waals surface area contributed by atoms with E-state index in [1.54, 1.807) is 24.3 Å². The number of fused-ring (bicyclic) bond motifs is 1. The van der Waals surface area contributed by atoms with Gasteiger partial charge in [0.1, 0.15) is 17.0 Å². The van der Waals surface area contributed by atoms with Crippen molar-refractivity contribution in [1.29, 1.82) is 0 Å². The lowest BCUT2D eigenvalue weighted by Gasteiger charge is -2.15. The molecule has 0 saturated heterocycles. The molecule has 7 nitrogen and oxygen atoms in total. The van der Waals surface area contributed by atoms with Crippen LogP contribution in [0.3, 0.4) is 0 Å². The van der Waals surface area contributed by atoms with Gasteiger partial charge in [0.2, 0.25) is 5.91 Å². The van der Waals surface area contributed by atoms with Crippen LogP contribution in [-0.2, 0) is 11.3 Å². The molecule has 1 atom stereocenters. The van der Waals surface area contributed by atoms with Gasteiger partial charge >= 0.3 is 0 Å². The summed E-state index contributed by atoms with van der Waals surface area (Å²) in [6, 6.07) is 24.0. The molecule has 0 fully saturated rings. The first-order chi connectivity index (χ1) is 15.1. The SMILES string of the molecule is CC(NC(=O)CCn1nnc2ccccc2c1=O)c1ccc(Oc2ccccc2)cc1. The van der Waals surface area contributed by atoms with Crippen LogP contribution in [0.4, 0.5) is 0 Å².